The monoisotopic (exact) mass is 279 g/mol. The van der Waals surface area contributed by atoms with Crippen molar-refractivity contribution >= 4 is 0 Å². The molecule has 1 fully saturated rings. The summed E-state index contributed by atoms with van der Waals surface area (Å²) < 4.78 is 19.0. The number of hydrogen-bond donors (Lipinski definition) is 1. The van der Waals surface area contributed by atoms with Gasteiger partial charge in [0, 0.05) is 17.7 Å². The van der Waals surface area contributed by atoms with Crippen LogP contribution in [0.15, 0.2) is 18.2 Å². The molecule has 1 unspecified atom stereocenters. The molecule has 2 rings (SSSR count). The van der Waals surface area contributed by atoms with E-state index in [1.54, 1.807) is 13.2 Å². The van der Waals surface area contributed by atoms with E-state index in [4.69, 9.17) is 4.74 Å². The Kier molecular flexibility index (Phi) is 3.85. The quantitative estimate of drug-likeness (QED) is 0.873. The molecule has 0 amide bonds. The zero-order valence-corrected chi connectivity index (χ0v) is 13.4. The highest BCUT2D eigenvalue weighted by Crippen LogP contribution is 2.68. The van der Waals surface area contributed by atoms with Gasteiger partial charge < -0.3 is 10.1 Å². The fourth-order valence-corrected chi connectivity index (χ4v) is 3.23. The average molecular weight is 279 g/mol. The molecule has 20 heavy (non-hydrogen) atoms. The van der Waals surface area contributed by atoms with Crippen molar-refractivity contribution in [2.75, 3.05) is 13.7 Å². The van der Waals surface area contributed by atoms with E-state index in [1.807, 2.05) is 13.0 Å². The van der Waals surface area contributed by atoms with Crippen LogP contribution in [0.3, 0.4) is 0 Å². The van der Waals surface area contributed by atoms with Crippen molar-refractivity contribution in [3.63, 3.8) is 0 Å². The van der Waals surface area contributed by atoms with Gasteiger partial charge in [-0.15, -0.1) is 0 Å². The Morgan fingerprint density at radius 1 is 1.25 bits per heavy atom. The minimum atomic E-state index is -0.210. The van der Waals surface area contributed by atoms with Crippen LogP contribution in [0.1, 0.15) is 46.2 Å². The summed E-state index contributed by atoms with van der Waals surface area (Å²) in [7, 11) is 1.55. The van der Waals surface area contributed by atoms with Crippen LogP contribution in [0.4, 0.5) is 4.39 Å². The van der Waals surface area contributed by atoms with E-state index in [9.17, 15) is 4.39 Å². The maximum Gasteiger partial charge on any atom is 0.131 e. The molecule has 1 aromatic rings. The van der Waals surface area contributed by atoms with Crippen molar-refractivity contribution in [3.8, 4) is 5.75 Å². The number of nitrogens with one attached hydrogen (secondary N) is 1. The average Bonchev–Trinajstić information content (AvgIpc) is 2.76. The van der Waals surface area contributed by atoms with Crippen molar-refractivity contribution in [2.45, 2.75) is 40.7 Å². The topological polar surface area (TPSA) is 21.3 Å². The molecule has 2 nitrogen and oxygen atoms in total. The van der Waals surface area contributed by atoms with Crippen molar-refractivity contribution in [1.82, 2.24) is 5.32 Å². The van der Waals surface area contributed by atoms with E-state index < -0.39 is 0 Å². The minimum absolute atomic E-state index is 0.00751. The maximum atomic E-state index is 14.0. The van der Waals surface area contributed by atoms with E-state index in [1.165, 1.54) is 6.07 Å². The SMILES string of the molecule is COc1ccc(C(C)NCC2C(C)(C)C2(C)C)c(F)c1. The van der Waals surface area contributed by atoms with E-state index in [0.29, 0.717) is 28.1 Å². The molecule has 1 N–H and O–H groups in total. The van der Waals surface area contributed by atoms with Crippen LogP contribution < -0.4 is 10.1 Å². The smallest absolute Gasteiger partial charge is 0.131 e. The van der Waals surface area contributed by atoms with Gasteiger partial charge in [-0.05, 0) is 36.3 Å². The van der Waals surface area contributed by atoms with Gasteiger partial charge in [-0.3, -0.25) is 0 Å². The molecule has 1 aromatic carbocycles. The minimum Gasteiger partial charge on any atom is -0.497 e. The number of halogens is 1. The highest BCUT2D eigenvalue weighted by Gasteiger charge is 2.63. The van der Waals surface area contributed by atoms with Crippen molar-refractivity contribution in [1.29, 1.82) is 0 Å². The Labute approximate surface area is 121 Å². The number of methoxy groups -OCH3 is 1. The predicted octanol–water partition coefficient (Wildman–Crippen LogP) is 4.17. The molecule has 1 atom stereocenters. The number of benzene rings is 1. The standard InChI is InChI=1S/C17H26FNO/c1-11(13-8-7-12(20-6)9-14(13)18)19-10-15-16(2,3)17(15,4)5/h7-9,11,15,19H,10H2,1-6H3. The molecule has 0 bridgehead atoms. The van der Waals surface area contributed by atoms with E-state index >= 15 is 0 Å². The summed E-state index contributed by atoms with van der Waals surface area (Å²) in [6.45, 7) is 12.1. The summed E-state index contributed by atoms with van der Waals surface area (Å²) in [5.74, 6) is 0.986. The molecule has 0 saturated heterocycles. The van der Waals surface area contributed by atoms with Gasteiger partial charge in [-0.25, -0.2) is 4.39 Å². The second-order valence-electron chi connectivity index (χ2n) is 7.01. The second-order valence-corrected chi connectivity index (χ2v) is 7.01. The Morgan fingerprint density at radius 2 is 1.85 bits per heavy atom. The van der Waals surface area contributed by atoms with Gasteiger partial charge in [0.25, 0.3) is 0 Å². The van der Waals surface area contributed by atoms with Crippen LogP contribution in [0.2, 0.25) is 0 Å². The van der Waals surface area contributed by atoms with Crippen LogP contribution in [0, 0.1) is 22.6 Å². The lowest BCUT2D eigenvalue weighted by atomic mass is 10.0. The van der Waals surface area contributed by atoms with E-state index in [-0.39, 0.29) is 11.9 Å². The van der Waals surface area contributed by atoms with Crippen LogP contribution in [0.5, 0.6) is 5.75 Å². The Bertz CT molecular complexity index is 482. The first-order valence-corrected chi connectivity index (χ1v) is 7.28. The molecular formula is C17H26FNO. The molecule has 0 heterocycles. The van der Waals surface area contributed by atoms with Gasteiger partial charge in [-0.1, -0.05) is 33.8 Å². The third-order valence-electron chi connectivity index (χ3n) is 5.62. The normalized spacial score (nSPS) is 21.6. The van der Waals surface area contributed by atoms with Gasteiger partial charge in [-0.2, -0.15) is 0 Å². The van der Waals surface area contributed by atoms with Crippen molar-refractivity contribution in [2.24, 2.45) is 16.7 Å². The molecular weight excluding hydrogens is 253 g/mol. The molecule has 0 spiro atoms. The molecule has 0 radical (unpaired) electrons. The first-order valence-electron chi connectivity index (χ1n) is 7.28. The lowest BCUT2D eigenvalue weighted by Crippen LogP contribution is -2.23. The van der Waals surface area contributed by atoms with Crippen LogP contribution in [-0.2, 0) is 0 Å². The lowest BCUT2D eigenvalue weighted by molar-refractivity contribution is 0.409. The number of hydrogen-bond acceptors (Lipinski definition) is 2. The fourth-order valence-electron chi connectivity index (χ4n) is 3.23. The number of ether oxygens (including phenoxy) is 1. The second kappa shape index (κ2) is 5.03. The molecule has 112 valence electrons. The van der Waals surface area contributed by atoms with Gasteiger partial charge in [0.2, 0.25) is 0 Å². The van der Waals surface area contributed by atoms with E-state index in [2.05, 4.69) is 33.0 Å². The summed E-state index contributed by atoms with van der Waals surface area (Å²) >= 11 is 0. The zero-order valence-electron chi connectivity index (χ0n) is 13.4. The Morgan fingerprint density at radius 3 is 2.30 bits per heavy atom. The molecule has 0 aliphatic heterocycles. The molecule has 3 heteroatoms. The predicted molar refractivity (Wildman–Crippen MR) is 80.4 cm³/mol. The van der Waals surface area contributed by atoms with Gasteiger partial charge in [0.05, 0.1) is 7.11 Å². The first kappa shape index (κ1) is 15.3. The van der Waals surface area contributed by atoms with Crippen molar-refractivity contribution in [3.05, 3.63) is 29.6 Å². The summed E-state index contributed by atoms with van der Waals surface area (Å²) in [6, 6.07) is 5.06. The summed E-state index contributed by atoms with van der Waals surface area (Å²) in [5, 5.41) is 3.47. The fraction of sp³-hybridized carbons (Fsp3) is 0.647. The molecule has 1 aliphatic rings. The van der Waals surface area contributed by atoms with Gasteiger partial charge in [0.15, 0.2) is 0 Å². The summed E-state index contributed by atoms with van der Waals surface area (Å²) in [4.78, 5) is 0. The summed E-state index contributed by atoms with van der Waals surface area (Å²) in [6.07, 6.45) is 0. The third-order valence-corrected chi connectivity index (χ3v) is 5.62. The zero-order chi connectivity index (χ0) is 15.1. The number of rotatable bonds is 5. The van der Waals surface area contributed by atoms with Gasteiger partial charge in [0.1, 0.15) is 11.6 Å². The lowest BCUT2D eigenvalue weighted by Gasteiger charge is -2.16. The summed E-state index contributed by atoms with van der Waals surface area (Å²) in [5.41, 5.74) is 1.41. The van der Waals surface area contributed by atoms with Crippen LogP contribution in [-0.4, -0.2) is 13.7 Å². The molecule has 1 aliphatic carbocycles. The van der Waals surface area contributed by atoms with Crippen LogP contribution in [0.25, 0.3) is 0 Å². The van der Waals surface area contributed by atoms with Gasteiger partial charge >= 0.3 is 0 Å². The van der Waals surface area contributed by atoms with E-state index in [0.717, 1.165) is 6.54 Å². The molecule has 1 saturated carbocycles. The maximum absolute atomic E-state index is 14.0. The highest BCUT2D eigenvalue weighted by atomic mass is 19.1. The largest absolute Gasteiger partial charge is 0.497 e. The Hall–Kier alpha value is -1.09. The van der Waals surface area contributed by atoms with Crippen molar-refractivity contribution < 1.29 is 9.13 Å². The van der Waals surface area contributed by atoms with Crippen LogP contribution >= 0.6 is 0 Å². The highest BCUT2D eigenvalue weighted by molar-refractivity contribution is 5.30. The first-order chi connectivity index (χ1) is 9.21. The Balaban J connectivity index is 1.98. The third kappa shape index (κ3) is 2.44. The molecule has 0 aromatic heterocycles.